The molecule has 2 aliphatic rings. The zero-order valence-electron chi connectivity index (χ0n) is 24.9. The van der Waals surface area contributed by atoms with Crippen LogP contribution in [-0.4, -0.2) is 78.3 Å². The maximum Gasteiger partial charge on any atom is 0.240 e. The van der Waals surface area contributed by atoms with E-state index in [9.17, 15) is 5.11 Å². The minimum absolute atomic E-state index is 0.0223. The Morgan fingerprint density at radius 2 is 2.00 bits per heavy atom. The molecule has 11 heteroatoms. The molecule has 1 atom stereocenters. The van der Waals surface area contributed by atoms with Crippen molar-refractivity contribution in [2.45, 2.75) is 78.4 Å². The van der Waals surface area contributed by atoms with Crippen molar-refractivity contribution in [1.29, 1.82) is 0 Å². The molecule has 4 aromatic rings. The third-order valence-electron chi connectivity index (χ3n) is 7.92. The fourth-order valence-corrected chi connectivity index (χ4v) is 5.73. The molecule has 2 bridgehead atoms. The van der Waals surface area contributed by atoms with Crippen LogP contribution in [-0.2, 0) is 17.8 Å². The first-order valence-corrected chi connectivity index (χ1v) is 15.0. The lowest BCUT2D eigenvalue weighted by Gasteiger charge is -2.27. The first kappa shape index (κ1) is 28.4. The molecular weight excluding hydrogens is 534 g/mol. The Morgan fingerprint density at radius 3 is 2.76 bits per heavy atom. The zero-order valence-corrected chi connectivity index (χ0v) is 24.9. The van der Waals surface area contributed by atoms with Crippen LogP contribution in [0.1, 0.15) is 70.1 Å². The van der Waals surface area contributed by atoms with Gasteiger partial charge >= 0.3 is 0 Å². The SMILES string of the molecule is CC(C)Oc1nn(CCO)c2c1/C=C/c1nn(C3CCCCO3)c3ccc(cc13)-c1cn[nH]c1OCCN(C(C)C)C2. The van der Waals surface area contributed by atoms with Crippen LogP contribution >= 0.6 is 0 Å². The van der Waals surface area contributed by atoms with E-state index in [1.165, 1.54) is 0 Å². The van der Waals surface area contributed by atoms with Crippen LogP contribution in [0.3, 0.4) is 0 Å². The molecule has 0 spiro atoms. The van der Waals surface area contributed by atoms with Gasteiger partial charge in [-0.25, -0.2) is 9.78 Å². The summed E-state index contributed by atoms with van der Waals surface area (Å²) >= 11 is 0. The van der Waals surface area contributed by atoms with Gasteiger partial charge in [-0.2, -0.15) is 10.2 Å². The molecule has 1 saturated heterocycles. The summed E-state index contributed by atoms with van der Waals surface area (Å²) < 4.78 is 22.5. The maximum atomic E-state index is 9.89. The van der Waals surface area contributed by atoms with Crippen LogP contribution in [0.2, 0.25) is 0 Å². The number of nitrogens with zero attached hydrogens (tertiary/aromatic N) is 6. The lowest BCUT2D eigenvalue weighted by atomic mass is 10.0. The highest BCUT2D eigenvalue weighted by Gasteiger charge is 2.25. The van der Waals surface area contributed by atoms with E-state index < -0.39 is 0 Å². The number of aromatic nitrogens is 6. The largest absolute Gasteiger partial charge is 0.476 e. The number of hydrogen-bond donors (Lipinski definition) is 2. The van der Waals surface area contributed by atoms with Gasteiger partial charge in [-0.1, -0.05) is 6.07 Å². The summed E-state index contributed by atoms with van der Waals surface area (Å²) in [6.45, 7) is 11.2. The predicted molar refractivity (Wildman–Crippen MR) is 161 cm³/mol. The van der Waals surface area contributed by atoms with Gasteiger partial charge in [0.15, 0.2) is 6.23 Å². The minimum atomic E-state index is -0.102. The molecule has 5 heterocycles. The number of aromatic amines is 1. The third kappa shape index (κ3) is 5.68. The molecular formula is C31H41N7O4. The van der Waals surface area contributed by atoms with Gasteiger partial charge < -0.3 is 19.3 Å². The molecule has 0 radical (unpaired) electrons. The van der Waals surface area contributed by atoms with Crippen LogP contribution in [0, 0.1) is 0 Å². The van der Waals surface area contributed by atoms with Gasteiger partial charge in [-0.05, 0) is 76.8 Å². The Hall–Kier alpha value is -3.67. The van der Waals surface area contributed by atoms with Gasteiger partial charge in [-0.15, -0.1) is 5.10 Å². The highest BCUT2D eigenvalue weighted by Crippen LogP contribution is 2.35. The second-order valence-corrected chi connectivity index (χ2v) is 11.5. The average molecular weight is 576 g/mol. The van der Waals surface area contributed by atoms with Crippen LogP contribution in [0.25, 0.3) is 34.2 Å². The van der Waals surface area contributed by atoms with E-state index in [0.29, 0.717) is 38.0 Å². The highest BCUT2D eigenvalue weighted by molar-refractivity contribution is 5.93. The van der Waals surface area contributed by atoms with Crippen LogP contribution in [0.5, 0.6) is 11.8 Å². The van der Waals surface area contributed by atoms with Crippen molar-refractivity contribution in [3.8, 4) is 22.9 Å². The summed E-state index contributed by atoms with van der Waals surface area (Å²) in [7, 11) is 0. The molecule has 2 aliphatic heterocycles. The number of aliphatic hydroxyl groups is 1. The molecule has 0 amide bonds. The zero-order chi connectivity index (χ0) is 29.2. The van der Waals surface area contributed by atoms with Gasteiger partial charge in [0.25, 0.3) is 0 Å². The molecule has 11 nitrogen and oxygen atoms in total. The molecule has 3 aromatic heterocycles. The Bertz CT molecular complexity index is 1540. The Morgan fingerprint density at radius 1 is 1.12 bits per heavy atom. The number of fused-ring (bicyclic) bond motifs is 4. The molecule has 0 aliphatic carbocycles. The van der Waals surface area contributed by atoms with Crippen molar-refractivity contribution >= 4 is 23.1 Å². The number of rotatable bonds is 6. The monoisotopic (exact) mass is 575 g/mol. The minimum Gasteiger partial charge on any atom is -0.476 e. The number of ether oxygens (including phenoxy) is 3. The number of benzene rings is 1. The van der Waals surface area contributed by atoms with Gasteiger partial charge in [0.05, 0.1) is 53.5 Å². The first-order chi connectivity index (χ1) is 20.4. The molecule has 1 fully saturated rings. The summed E-state index contributed by atoms with van der Waals surface area (Å²) in [5.41, 5.74) is 5.62. The Balaban J connectivity index is 1.54. The van der Waals surface area contributed by atoms with Crippen LogP contribution in [0.4, 0.5) is 0 Å². The number of nitrogens with one attached hydrogen (secondary N) is 1. The van der Waals surface area contributed by atoms with Gasteiger partial charge in [-0.3, -0.25) is 9.58 Å². The lowest BCUT2D eigenvalue weighted by Crippen LogP contribution is -2.35. The molecule has 1 aromatic carbocycles. The Kier molecular flexibility index (Phi) is 8.32. The molecule has 0 saturated carbocycles. The van der Waals surface area contributed by atoms with Gasteiger partial charge in [0.2, 0.25) is 11.8 Å². The summed E-state index contributed by atoms with van der Waals surface area (Å²) in [6.07, 6.45) is 8.88. The van der Waals surface area contributed by atoms with E-state index in [1.807, 2.05) is 29.4 Å². The van der Waals surface area contributed by atoms with Crippen molar-refractivity contribution in [2.75, 3.05) is 26.4 Å². The Labute approximate surface area is 246 Å². The van der Waals surface area contributed by atoms with Crippen molar-refractivity contribution in [2.24, 2.45) is 0 Å². The van der Waals surface area contributed by atoms with E-state index in [4.69, 9.17) is 24.4 Å². The summed E-state index contributed by atoms with van der Waals surface area (Å²) in [4.78, 5) is 2.34. The van der Waals surface area contributed by atoms with Crippen LogP contribution < -0.4 is 9.47 Å². The molecule has 2 N–H and O–H groups in total. The first-order valence-electron chi connectivity index (χ1n) is 15.0. The van der Waals surface area contributed by atoms with E-state index in [1.54, 1.807) is 0 Å². The average Bonchev–Trinajstić information content (AvgIpc) is 3.67. The normalized spacial score (nSPS) is 19.0. The smallest absolute Gasteiger partial charge is 0.240 e. The van der Waals surface area contributed by atoms with Crippen molar-refractivity contribution in [3.05, 3.63) is 41.3 Å². The van der Waals surface area contributed by atoms with Crippen LogP contribution in [0.15, 0.2) is 24.4 Å². The van der Waals surface area contributed by atoms with Crippen molar-refractivity contribution < 1.29 is 19.3 Å². The molecule has 42 heavy (non-hydrogen) atoms. The van der Waals surface area contributed by atoms with Gasteiger partial charge in [0, 0.05) is 31.1 Å². The molecule has 1 unspecified atom stereocenters. The highest BCUT2D eigenvalue weighted by atomic mass is 16.5. The second-order valence-electron chi connectivity index (χ2n) is 11.5. The lowest BCUT2D eigenvalue weighted by molar-refractivity contribution is -0.0367. The summed E-state index contributed by atoms with van der Waals surface area (Å²) in [5.74, 6) is 1.20. The number of hydrogen-bond acceptors (Lipinski definition) is 8. The second kappa shape index (κ2) is 12.3. The number of aliphatic hydroxyl groups excluding tert-OH is 1. The predicted octanol–water partition coefficient (Wildman–Crippen LogP) is 4.87. The fourth-order valence-electron chi connectivity index (χ4n) is 5.73. The fraction of sp³-hybridized carbons (Fsp3) is 0.516. The van der Waals surface area contributed by atoms with E-state index in [0.717, 1.165) is 64.9 Å². The quantitative estimate of drug-likeness (QED) is 0.335. The third-order valence-corrected chi connectivity index (χ3v) is 7.92. The topological polar surface area (TPSA) is 115 Å². The van der Waals surface area contributed by atoms with E-state index in [2.05, 4.69) is 59.3 Å². The van der Waals surface area contributed by atoms with Gasteiger partial charge in [0.1, 0.15) is 6.61 Å². The van der Waals surface area contributed by atoms with E-state index >= 15 is 0 Å². The molecule has 6 rings (SSSR count). The summed E-state index contributed by atoms with van der Waals surface area (Å²) in [5, 5.41) is 28.1. The van der Waals surface area contributed by atoms with Crippen molar-refractivity contribution in [1.82, 2.24) is 34.7 Å². The maximum absolute atomic E-state index is 9.89. The van der Waals surface area contributed by atoms with Crippen molar-refractivity contribution in [3.63, 3.8) is 0 Å². The standard InChI is InChI=1S/C31H41N7O4/c1-20(2)36-13-16-41-30-25(18-32-33-30)22-8-11-27-24(17-22)26(34-38(27)29-7-5-6-15-40-29)10-9-23-28(19-36)37(12-14-39)35-31(23)42-21(3)4/h8-11,17-18,20-21,29,39H,5-7,12-16,19H2,1-4H3,(H,32,33)/b10-9+. The summed E-state index contributed by atoms with van der Waals surface area (Å²) in [6, 6.07) is 6.61. The number of H-pyrrole nitrogens is 1. The van der Waals surface area contributed by atoms with E-state index in [-0.39, 0.29) is 25.0 Å². The molecule has 224 valence electrons.